The topological polar surface area (TPSA) is 15.3 Å². The molecule has 1 aliphatic rings. The van der Waals surface area contributed by atoms with E-state index in [-0.39, 0.29) is 0 Å². The lowest BCUT2D eigenvalue weighted by Gasteiger charge is -2.18. The summed E-state index contributed by atoms with van der Waals surface area (Å²) in [5, 5.41) is 3.27. The Balaban J connectivity index is 2.00. The molecule has 0 amide bonds. The monoisotopic (exact) mass is 184 g/mol. The van der Waals surface area contributed by atoms with Crippen LogP contribution in [-0.2, 0) is 0 Å². The fourth-order valence-electron chi connectivity index (χ4n) is 1.70. The fraction of sp³-hybridized carbons (Fsp3) is 1.00. The molecule has 1 rings (SSSR count). The molecule has 0 aliphatic heterocycles. The lowest BCUT2D eigenvalue weighted by Crippen LogP contribution is -2.29. The molecule has 3 unspecified atom stereocenters. The van der Waals surface area contributed by atoms with E-state index in [4.69, 9.17) is 0 Å². The Morgan fingerprint density at radius 2 is 2.15 bits per heavy atom. The molecule has 1 aliphatic carbocycles. The third-order valence-corrected chi connectivity index (χ3v) is 3.26. The van der Waals surface area contributed by atoms with E-state index >= 15 is 0 Å². The molecule has 3 atom stereocenters. The average Bonchev–Trinajstić information content (AvgIpc) is 2.77. The van der Waals surface area contributed by atoms with Crippen molar-refractivity contribution in [2.45, 2.75) is 32.7 Å². The highest BCUT2D eigenvalue weighted by molar-refractivity contribution is 4.84. The van der Waals surface area contributed by atoms with Gasteiger partial charge in [0.1, 0.15) is 0 Å². The van der Waals surface area contributed by atoms with Crippen molar-refractivity contribution in [2.75, 3.05) is 27.2 Å². The SMILES string of the molecule is CNC(C)CCN(C)CC1CC1C. The van der Waals surface area contributed by atoms with Crippen molar-refractivity contribution in [3.8, 4) is 0 Å². The van der Waals surface area contributed by atoms with Gasteiger partial charge in [-0.3, -0.25) is 0 Å². The second kappa shape index (κ2) is 4.97. The van der Waals surface area contributed by atoms with E-state index in [2.05, 4.69) is 31.1 Å². The van der Waals surface area contributed by atoms with E-state index < -0.39 is 0 Å². The predicted molar refractivity (Wildman–Crippen MR) is 57.9 cm³/mol. The van der Waals surface area contributed by atoms with E-state index in [1.54, 1.807) is 0 Å². The van der Waals surface area contributed by atoms with Crippen molar-refractivity contribution in [3.05, 3.63) is 0 Å². The van der Waals surface area contributed by atoms with Crippen LogP contribution in [0.1, 0.15) is 26.7 Å². The maximum absolute atomic E-state index is 3.27. The Bertz CT molecular complexity index is 147. The van der Waals surface area contributed by atoms with Crippen molar-refractivity contribution >= 4 is 0 Å². The molecule has 0 aromatic heterocycles. The van der Waals surface area contributed by atoms with Crippen LogP contribution in [0.4, 0.5) is 0 Å². The van der Waals surface area contributed by atoms with Crippen LogP contribution in [0.2, 0.25) is 0 Å². The third kappa shape index (κ3) is 4.10. The molecule has 2 heteroatoms. The van der Waals surface area contributed by atoms with E-state index in [1.807, 2.05) is 7.05 Å². The van der Waals surface area contributed by atoms with Gasteiger partial charge in [0.2, 0.25) is 0 Å². The zero-order valence-corrected chi connectivity index (χ0v) is 9.51. The zero-order chi connectivity index (χ0) is 9.84. The Labute approximate surface area is 82.7 Å². The quantitative estimate of drug-likeness (QED) is 0.674. The lowest BCUT2D eigenvalue weighted by atomic mass is 10.2. The van der Waals surface area contributed by atoms with Gasteiger partial charge in [-0.15, -0.1) is 0 Å². The molecule has 2 nitrogen and oxygen atoms in total. The molecule has 0 bridgehead atoms. The fourth-order valence-corrected chi connectivity index (χ4v) is 1.70. The molecule has 78 valence electrons. The highest BCUT2D eigenvalue weighted by Gasteiger charge is 2.32. The number of nitrogens with zero attached hydrogens (tertiary/aromatic N) is 1. The molecule has 0 spiro atoms. The second-order valence-electron chi connectivity index (χ2n) is 4.71. The van der Waals surface area contributed by atoms with Gasteiger partial charge in [0, 0.05) is 12.6 Å². The summed E-state index contributed by atoms with van der Waals surface area (Å²) in [6, 6.07) is 0.652. The van der Waals surface area contributed by atoms with Crippen LogP contribution in [0.15, 0.2) is 0 Å². The minimum absolute atomic E-state index is 0.652. The van der Waals surface area contributed by atoms with Crippen molar-refractivity contribution in [3.63, 3.8) is 0 Å². The van der Waals surface area contributed by atoms with Crippen LogP contribution in [-0.4, -0.2) is 38.1 Å². The summed E-state index contributed by atoms with van der Waals surface area (Å²) in [7, 11) is 4.28. The van der Waals surface area contributed by atoms with Gasteiger partial charge >= 0.3 is 0 Å². The summed E-state index contributed by atoms with van der Waals surface area (Å²) in [4.78, 5) is 2.47. The van der Waals surface area contributed by atoms with Gasteiger partial charge in [0.05, 0.1) is 0 Å². The van der Waals surface area contributed by atoms with E-state index in [9.17, 15) is 0 Å². The molecule has 0 radical (unpaired) electrons. The first kappa shape index (κ1) is 11.0. The van der Waals surface area contributed by atoms with Crippen LogP contribution in [0.5, 0.6) is 0 Å². The number of hydrogen-bond acceptors (Lipinski definition) is 2. The van der Waals surface area contributed by atoms with Crippen LogP contribution in [0.25, 0.3) is 0 Å². The molecule has 1 saturated carbocycles. The number of hydrogen-bond donors (Lipinski definition) is 1. The molecule has 0 heterocycles. The zero-order valence-electron chi connectivity index (χ0n) is 9.51. The first-order valence-electron chi connectivity index (χ1n) is 5.49. The van der Waals surface area contributed by atoms with Gasteiger partial charge < -0.3 is 10.2 Å². The van der Waals surface area contributed by atoms with E-state index in [0.717, 1.165) is 11.8 Å². The Kier molecular flexibility index (Phi) is 4.20. The Morgan fingerprint density at radius 1 is 1.54 bits per heavy atom. The predicted octanol–water partition coefficient (Wildman–Crippen LogP) is 1.57. The summed E-state index contributed by atoms with van der Waals surface area (Å²) in [5.41, 5.74) is 0. The number of rotatable bonds is 6. The summed E-state index contributed by atoms with van der Waals surface area (Å²) in [6.45, 7) is 7.13. The van der Waals surface area contributed by atoms with Crippen molar-refractivity contribution in [2.24, 2.45) is 11.8 Å². The van der Waals surface area contributed by atoms with Gasteiger partial charge in [-0.2, -0.15) is 0 Å². The molecule has 1 fully saturated rings. The molecule has 0 aromatic rings. The first-order chi connectivity index (χ1) is 6.13. The van der Waals surface area contributed by atoms with Crippen LogP contribution < -0.4 is 5.32 Å². The number of nitrogens with one attached hydrogen (secondary N) is 1. The van der Waals surface area contributed by atoms with Crippen LogP contribution >= 0.6 is 0 Å². The Hall–Kier alpha value is -0.0800. The van der Waals surface area contributed by atoms with Crippen LogP contribution in [0.3, 0.4) is 0 Å². The molecule has 13 heavy (non-hydrogen) atoms. The molecular weight excluding hydrogens is 160 g/mol. The lowest BCUT2D eigenvalue weighted by molar-refractivity contribution is 0.298. The van der Waals surface area contributed by atoms with Crippen molar-refractivity contribution in [1.29, 1.82) is 0 Å². The Morgan fingerprint density at radius 3 is 2.62 bits per heavy atom. The average molecular weight is 184 g/mol. The normalized spacial score (nSPS) is 29.3. The van der Waals surface area contributed by atoms with Gasteiger partial charge in [-0.25, -0.2) is 0 Å². The van der Waals surface area contributed by atoms with E-state index in [1.165, 1.54) is 25.9 Å². The minimum atomic E-state index is 0.652. The van der Waals surface area contributed by atoms with E-state index in [0.29, 0.717) is 6.04 Å². The smallest absolute Gasteiger partial charge is 0.00478 e. The maximum Gasteiger partial charge on any atom is 0.00478 e. The highest BCUT2D eigenvalue weighted by Crippen LogP contribution is 2.37. The van der Waals surface area contributed by atoms with Gasteiger partial charge in [0.25, 0.3) is 0 Å². The van der Waals surface area contributed by atoms with Gasteiger partial charge in [0.15, 0.2) is 0 Å². The minimum Gasteiger partial charge on any atom is -0.317 e. The second-order valence-corrected chi connectivity index (χ2v) is 4.71. The largest absolute Gasteiger partial charge is 0.317 e. The molecule has 0 aromatic carbocycles. The van der Waals surface area contributed by atoms with Crippen molar-refractivity contribution < 1.29 is 0 Å². The highest BCUT2D eigenvalue weighted by atomic mass is 15.1. The third-order valence-electron chi connectivity index (χ3n) is 3.26. The van der Waals surface area contributed by atoms with Crippen LogP contribution in [0, 0.1) is 11.8 Å². The van der Waals surface area contributed by atoms with Gasteiger partial charge in [-0.1, -0.05) is 6.92 Å². The summed E-state index contributed by atoms with van der Waals surface area (Å²) >= 11 is 0. The molecular formula is C11H24N2. The summed E-state index contributed by atoms with van der Waals surface area (Å²) in [6.07, 6.45) is 2.71. The summed E-state index contributed by atoms with van der Waals surface area (Å²) in [5.74, 6) is 1.99. The summed E-state index contributed by atoms with van der Waals surface area (Å²) < 4.78 is 0. The molecule has 0 saturated heterocycles. The first-order valence-corrected chi connectivity index (χ1v) is 5.49. The van der Waals surface area contributed by atoms with Crippen molar-refractivity contribution in [1.82, 2.24) is 10.2 Å². The van der Waals surface area contributed by atoms with Gasteiger partial charge in [-0.05, 0) is 52.2 Å². The standard InChI is InChI=1S/C11H24N2/c1-9-7-11(9)8-13(4)6-5-10(2)12-3/h9-12H,5-8H2,1-4H3. The molecule has 1 N–H and O–H groups in total. The maximum atomic E-state index is 3.27.